The summed E-state index contributed by atoms with van der Waals surface area (Å²) in [6, 6.07) is 6.32. The van der Waals surface area contributed by atoms with Crippen molar-refractivity contribution < 1.29 is 13.9 Å². The summed E-state index contributed by atoms with van der Waals surface area (Å²) in [6.07, 6.45) is 1.45. The Morgan fingerprint density at radius 1 is 1.19 bits per heavy atom. The minimum atomic E-state index is -0.517. The molecule has 3 aromatic rings. The highest BCUT2D eigenvalue weighted by Gasteiger charge is 2.21. The number of halogens is 1. The van der Waals surface area contributed by atoms with Crippen molar-refractivity contribution in [3.63, 3.8) is 0 Å². The number of carbonyl (C=O) groups excluding carboxylic acids is 1. The molecule has 0 aliphatic carbocycles. The van der Waals surface area contributed by atoms with Gasteiger partial charge in [-0.25, -0.2) is 9.18 Å². The molecule has 0 saturated carbocycles. The lowest BCUT2D eigenvalue weighted by atomic mass is 10.2. The molecule has 0 radical (unpaired) electrons. The van der Waals surface area contributed by atoms with Gasteiger partial charge in [0.2, 0.25) is 0 Å². The fourth-order valence-electron chi connectivity index (χ4n) is 3.16. The number of anilines is 2. The van der Waals surface area contributed by atoms with E-state index in [4.69, 9.17) is 17.0 Å². The first-order chi connectivity index (χ1) is 15.2. The first-order valence-corrected chi connectivity index (χ1v) is 10.7. The highest BCUT2D eigenvalue weighted by Crippen LogP contribution is 2.22. The monoisotopic (exact) mass is 458 g/mol. The highest BCUT2D eigenvalue weighted by molar-refractivity contribution is 7.80. The average molecular weight is 459 g/mol. The number of thiocarbonyl (C=S) groups is 1. The first kappa shape index (κ1) is 23.4. The molecule has 0 unspecified atom stereocenters. The number of esters is 1. The third-order valence-corrected chi connectivity index (χ3v) is 4.94. The number of aromatic nitrogens is 4. The molecule has 0 amide bonds. The smallest absolute Gasteiger partial charge is 0.361 e. The number of carbonyl (C=O) groups is 1. The Hall–Kier alpha value is -3.27. The van der Waals surface area contributed by atoms with Gasteiger partial charge in [0.1, 0.15) is 5.82 Å². The maximum Gasteiger partial charge on any atom is 0.361 e. The third-order valence-electron chi connectivity index (χ3n) is 4.74. The molecule has 0 atom stereocenters. The van der Waals surface area contributed by atoms with Crippen molar-refractivity contribution in [2.75, 3.05) is 10.6 Å². The van der Waals surface area contributed by atoms with Gasteiger partial charge in [0.15, 0.2) is 10.8 Å². The van der Waals surface area contributed by atoms with Crippen molar-refractivity contribution >= 4 is 34.7 Å². The summed E-state index contributed by atoms with van der Waals surface area (Å²) in [5.74, 6) is -0.791. The summed E-state index contributed by atoms with van der Waals surface area (Å²) < 4.78 is 21.9. The predicted octanol–water partition coefficient (Wildman–Crippen LogP) is 4.28. The Kier molecular flexibility index (Phi) is 7.24. The number of ether oxygens (including phenoxy) is 1. The Labute approximate surface area is 191 Å². The van der Waals surface area contributed by atoms with Crippen LogP contribution in [0.25, 0.3) is 0 Å². The lowest BCUT2D eigenvalue weighted by Gasteiger charge is -2.12. The summed E-state index contributed by atoms with van der Waals surface area (Å²) in [4.78, 5) is 12.4. The lowest BCUT2D eigenvalue weighted by molar-refractivity contribution is 0.0371. The number of nitrogens with zero attached hydrogens (tertiary/aromatic N) is 4. The predicted molar refractivity (Wildman–Crippen MR) is 125 cm³/mol. The molecule has 0 bridgehead atoms. The maximum absolute atomic E-state index is 13.2. The van der Waals surface area contributed by atoms with Crippen LogP contribution in [0.4, 0.5) is 15.8 Å². The van der Waals surface area contributed by atoms with E-state index in [0.717, 1.165) is 22.6 Å². The zero-order chi connectivity index (χ0) is 23.4. The van der Waals surface area contributed by atoms with E-state index in [2.05, 4.69) is 20.8 Å². The molecule has 0 aliphatic heterocycles. The number of benzene rings is 1. The number of rotatable bonds is 7. The van der Waals surface area contributed by atoms with Crippen LogP contribution in [0, 0.1) is 19.7 Å². The van der Waals surface area contributed by atoms with Gasteiger partial charge in [-0.05, 0) is 64.5 Å². The third kappa shape index (κ3) is 5.50. The van der Waals surface area contributed by atoms with Crippen molar-refractivity contribution in [1.82, 2.24) is 19.6 Å². The quantitative estimate of drug-likeness (QED) is 0.404. The molecule has 0 saturated heterocycles. The molecular weight excluding hydrogens is 431 g/mol. The lowest BCUT2D eigenvalue weighted by Crippen LogP contribution is -2.22. The molecule has 2 heterocycles. The van der Waals surface area contributed by atoms with E-state index in [1.807, 2.05) is 25.5 Å². The van der Waals surface area contributed by atoms with E-state index in [9.17, 15) is 9.18 Å². The second-order valence-corrected chi connectivity index (χ2v) is 8.02. The van der Waals surface area contributed by atoms with Gasteiger partial charge in [0, 0.05) is 12.7 Å². The maximum atomic E-state index is 13.2. The largest absolute Gasteiger partial charge is 0.458 e. The van der Waals surface area contributed by atoms with E-state index >= 15 is 0 Å². The normalized spacial score (nSPS) is 11.0. The Balaban J connectivity index is 1.75. The van der Waals surface area contributed by atoms with Crippen LogP contribution in [0.3, 0.4) is 0 Å². The van der Waals surface area contributed by atoms with Gasteiger partial charge in [0.05, 0.1) is 35.4 Å². The van der Waals surface area contributed by atoms with Crippen LogP contribution >= 0.6 is 12.2 Å². The van der Waals surface area contributed by atoms with Gasteiger partial charge in [-0.15, -0.1) is 0 Å². The second kappa shape index (κ2) is 9.90. The van der Waals surface area contributed by atoms with Crippen molar-refractivity contribution in [3.05, 3.63) is 58.9 Å². The molecule has 32 heavy (non-hydrogen) atoms. The molecule has 10 heteroatoms. The van der Waals surface area contributed by atoms with Crippen molar-refractivity contribution in [1.29, 1.82) is 0 Å². The fourth-order valence-corrected chi connectivity index (χ4v) is 3.37. The number of hydrogen-bond acceptors (Lipinski definition) is 5. The zero-order valence-electron chi connectivity index (χ0n) is 18.8. The molecule has 170 valence electrons. The average Bonchev–Trinajstić information content (AvgIpc) is 3.25. The van der Waals surface area contributed by atoms with Crippen LogP contribution in [-0.4, -0.2) is 36.7 Å². The molecule has 0 fully saturated rings. The standard InChI is InChI=1S/C22H27FN6O2S/c1-6-28-12-18(20(27-28)21(30)31-13(2)3)24-22(32)25-19-14(4)26-29(15(19)5)11-16-7-9-17(23)10-8-16/h7-10,12-13H,6,11H2,1-5H3,(H2,24,25,32). The van der Waals surface area contributed by atoms with E-state index in [1.54, 1.807) is 36.9 Å². The van der Waals surface area contributed by atoms with Crippen LogP contribution < -0.4 is 10.6 Å². The second-order valence-electron chi connectivity index (χ2n) is 7.61. The van der Waals surface area contributed by atoms with E-state index in [1.165, 1.54) is 12.1 Å². The van der Waals surface area contributed by atoms with Gasteiger partial charge >= 0.3 is 5.97 Å². The van der Waals surface area contributed by atoms with E-state index in [-0.39, 0.29) is 17.6 Å². The summed E-state index contributed by atoms with van der Waals surface area (Å²) >= 11 is 5.48. The molecule has 2 N–H and O–H groups in total. The molecule has 8 nitrogen and oxygen atoms in total. The molecule has 0 aliphatic rings. The Morgan fingerprint density at radius 3 is 2.50 bits per heavy atom. The van der Waals surface area contributed by atoms with E-state index < -0.39 is 5.97 Å². The minimum Gasteiger partial charge on any atom is -0.458 e. The molecule has 2 aromatic heterocycles. The molecule has 1 aromatic carbocycles. The number of aryl methyl sites for hydroxylation is 2. The Morgan fingerprint density at radius 2 is 1.88 bits per heavy atom. The van der Waals surface area contributed by atoms with Crippen molar-refractivity contribution in [2.24, 2.45) is 0 Å². The van der Waals surface area contributed by atoms with Gasteiger partial charge < -0.3 is 15.4 Å². The summed E-state index contributed by atoms with van der Waals surface area (Å²) in [7, 11) is 0. The van der Waals surface area contributed by atoms with Crippen molar-refractivity contribution in [2.45, 2.75) is 53.8 Å². The molecular formula is C22H27FN6O2S. The highest BCUT2D eigenvalue weighted by atomic mass is 32.1. The number of nitrogens with one attached hydrogen (secondary N) is 2. The molecule has 3 rings (SSSR count). The van der Waals surface area contributed by atoms with Crippen LogP contribution in [0.2, 0.25) is 0 Å². The zero-order valence-corrected chi connectivity index (χ0v) is 19.6. The Bertz CT molecular complexity index is 1120. The topological polar surface area (TPSA) is 86.0 Å². The summed E-state index contributed by atoms with van der Waals surface area (Å²) in [5.41, 5.74) is 3.97. The number of hydrogen-bond donors (Lipinski definition) is 2. The van der Waals surface area contributed by atoms with Gasteiger partial charge in [-0.3, -0.25) is 9.36 Å². The van der Waals surface area contributed by atoms with E-state index in [0.29, 0.717) is 23.9 Å². The van der Waals surface area contributed by atoms with Crippen molar-refractivity contribution in [3.8, 4) is 0 Å². The summed E-state index contributed by atoms with van der Waals surface area (Å²) in [6.45, 7) is 10.4. The van der Waals surface area contributed by atoms with Gasteiger partial charge in [-0.2, -0.15) is 10.2 Å². The minimum absolute atomic E-state index is 0.171. The van der Waals surface area contributed by atoms with Crippen LogP contribution in [0.5, 0.6) is 0 Å². The van der Waals surface area contributed by atoms with Crippen LogP contribution in [0.1, 0.15) is 48.2 Å². The van der Waals surface area contributed by atoms with Crippen LogP contribution in [0.15, 0.2) is 30.5 Å². The van der Waals surface area contributed by atoms with Gasteiger partial charge in [0.25, 0.3) is 0 Å². The van der Waals surface area contributed by atoms with Gasteiger partial charge in [-0.1, -0.05) is 12.1 Å². The first-order valence-electron chi connectivity index (χ1n) is 10.3. The SMILES string of the molecule is CCn1cc(NC(=S)Nc2c(C)nn(Cc3ccc(F)cc3)c2C)c(C(=O)OC(C)C)n1. The fraction of sp³-hybridized carbons (Fsp3) is 0.364. The summed E-state index contributed by atoms with van der Waals surface area (Å²) in [5, 5.41) is 15.4. The van der Waals surface area contributed by atoms with Crippen LogP contribution in [-0.2, 0) is 17.8 Å². The molecule has 0 spiro atoms.